The third-order valence-electron chi connectivity index (χ3n) is 5.11. The summed E-state index contributed by atoms with van der Waals surface area (Å²) in [6.07, 6.45) is 1.04. The summed E-state index contributed by atoms with van der Waals surface area (Å²) < 4.78 is 34.4. The maximum Gasteiger partial charge on any atom is 0.246 e. The lowest BCUT2D eigenvalue weighted by Crippen LogP contribution is -2.41. The molecule has 2 aromatic rings. The Morgan fingerprint density at radius 1 is 1.21 bits per heavy atom. The lowest BCUT2D eigenvalue weighted by Gasteiger charge is -2.26. The fraction of sp³-hybridized carbons (Fsp3) is 0.500. The molecule has 8 nitrogen and oxygen atoms in total. The summed E-state index contributed by atoms with van der Waals surface area (Å²) in [6.45, 7) is 7.24. The summed E-state index contributed by atoms with van der Waals surface area (Å²) in [6, 6.07) is 7.70. The maximum atomic E-state index is 13.0. The van der Waals surface area contributed by atoms with Crippen molar-refractivity contribution in [1.82, 2.24) is 14.1 Å². The number of nitrogens with zero attached hydrogens (tertiary/aromatic N) is 3. The summed E-state index contributed by atoms with van der Waals surface area (Å²) in [7, 11) is -3.63. The number of nitrogens with one attached hydrogen (secondary N) is 1. The predicted molar refractivity (Wildman–Crippen MR) is 110 cm³/mol. The molecule has 9 heteroatoms. The number of aromatic nitrogens is 2. The van der Waals surface area contributed by atoms with Gasteiger partial charge in [0.1, 0.15) is 4.90 Å². The lowest BCUT2D eigenvalue weighted by molar-refractivity contribution is -0.116. The molecule has 0 bridgehead atoms. The van der Waals surface area contributed by atoms with Crippen molar-refractivity contribution < 1.29 is 17.9 Å². The molecule has 2 heterocycles. The van der Waals surface area contributed by atoms with E-state index in [1.165, 1.54) is 4.31 Å². The van der Waals surface area contributed by atoms with Gasteiger partial charge in [-0.05, 0) is 31.9 Å². The molecular formula is C20H28N4O4S. The first-order chi connectivity index (χ1) is 13.8. The molecule has 1 aromatic heterocycles. The van der Waals surface area contributed by atoms with Crippen molar-refractivity contribution in [3.63, 3.8) is 0 Å². The van der Waals surface area contributed by atoms with Crippen LogP contribution in [0.25, 0.3) is 0 Å². The van der Waals surface area contributed by atoms with Crippen molar-refractivity contribution in [1.29, 1.82) is 0 Å². The molecule has 0 spiro atoms. The highest BCUT2D eigenvalue weighted by atomic mass is 32.2. The highest BCUT2D eigenvalue weighted by Gasteiger charge is 2.32. The first-order valence-electron chi connectivity index (χ1n) is 9.84. The fourth-order valence-corrected chi connectivity index (χ4v) is 5.34. The van der Waals surface area contributed by atoms with Crippen molar-refractivity contribution in [3.8, 4) is 0 Å². The van der Waals surface area contributed by atoms with Crippen molar-refractivity contribution >= 4 is 21.6 Å². The minimum absolute atomic E-state index is 0.129. The Labute approximate surface area is 171 Å². The first kappa shape index (κ1) is 21.5. The van der Waals surface area contributed by atoms with Gasteiger partial charge in [-0.25, -0.2) is 8.42 Å². The van der Waals surface area contributed by atoms with E-state index in [0.29, 0.717) is 44.2 Å². The highest BCUT2D eigenvalue weighted by Crippen LogP contribution is 2.24. The molecule has 1 aliphatic rings. The van der Waals surface area contributed by atoms with E-state index >= 15 is 0 Å². The molecule has 1 aromatic carbocycles. The third kappa shape index (κ3) is 4.68. The van der Waals surface area contributed by atoms with Crippen LogP contribution in [0, 0.1) is 13.8 Å². The van der Waals surface area contributed by atoms with Gasteiger partial charge in [-0.3, -0.25) is 9.48 Å². The first-order valence-corrected chi connectivity index (χ1v) is 11.3. The number of hydrogen-bond acceptors (Lipinski definition) is 5. The van der Waals surface area contributed by atoms with Crippen LogP contribution in [0.2, 0.25) is 0 Å². The zero-order chi connectivity index (χ0) is 21.0. The van der Waals surface area contributed by atoms with Gasteiger partial charge in [0.05, 0.1) is 31.1 Å². The fourth-order valence-electron chi connectivity index (χ4n) is 3.56. The predicted octanol–water partition coefficient (Wildman–Crippen LogP) is 2.11. The molecule has 1 aliphatic heterocycles. The van der Waals surface area contributed by atoms with Gasteiger partial charge in [0, 0.05) is 25.2 Å². The van der Waals surface area contributed by atoms with Crippen molar-refractivity contribution in [2.24, 2.45) is 0 Å². The van der Waals surface area contributed by atoms with Gasteiger partial charge in [0.25, 0.3) is 0 Å². The number of hydrogen-bond donors (Lipinski definition) is 1. The molecule has 158 valence electrons. The van der Waals surface area contributed by atoms with Gasteiger partial charge < -0.3 is 10.1 Å². The molecule has 0 atom stereocenters. The van der Waals surface area contributed by atoms with Crippen LogP contribution >= 0.6 is 0 Å². The van der Waals surface area contributed by atoms with E-state index in [2.05, 4.69) is 10.4 Å². The quantitative estimate of drug-likeness (QED) is 0.740. The van der Waals surface area contributed by atoms with Gasteiger partial charge in [0.15, 0.2) is 0 Å². The Morgan fingerprint density at radius 3 is 2.59 bits per heavy atom. The van der Waals surface area contributed by atoms with Gasteiger partial charge in [-0.1, -0.05) is 25.1 Å². The Hall–Kier alpha value is -2.23. The molecule has 29 heavy (non-hydrogen) atoms. The molecule has 0 unspecified atom stereocenters. The summed E-state index contributed by atoms with van der Waals surface area (Å²) in [5.74, 6) is -0.129. The van der Waals surface area contributed by atoms with Gasteiger partial charge in [-0.15, -0.1) is 0 Å². The van der Waals surface area contributed by atoms with Crippen LogP contribution in [-0.4, -0.2) is 54.7 Å². The number of anilines is 1. The number of carbonyl (C=O) groups excluding carboxylic acids is 1. The van der Waals surface area contributed by atoms with Gasteiger partial charge >= 0.3 is 0 Å². The summed E-state index contributed by atoms with van der Waals surface area (Å²) in [4.78, 5) is 12.6. The van der Waals surface area contributed by atoms with Crippen LogP contribution in [0.3, 0.4) is 0 Å². The largest absolute Gasteiger partial charge is 0.379 e. The minimum Gasteiger partial charge on any atom is -0.379 e. The van der Waals surface area contributed by atoms with Crippen LogP contribution in [0.15, 0.2) is 29.2 Å². The number of morpholine rings is 1. The number of para-hydroxylation sites is 1. The standard InChI is InChI=1S/C20H28N4O4S/c1-4-17-7-5-6-8-18(17)21-19(25)9-10-24-16(3)20(15(2)22-24)29(26,27)23-11-13-28-14-12-23/h5-8H,4,9-14H2,1-3H3,(H,21,25). The molecule has 3 rings (SSSR count). The number of amides is 1. The van der Waals surface area contributed by atoms with E-state index in [1.807, 2.05) is 31.2 Å². The van der Waals surface area contributed by atoms with Crippen molar-refractivity contribution in [2.45, 2.75) is 45.1 Å². The smallest absolute Gasteiger partial charge is 0.246 e. The van der Waals surface area contributed by atoms with Crippen LogP contribution < -0.4 is 5.32 Å². The number of benzene rings is 1. The van der Waals surface area contributed by atoms with Crippen LogP contribution in [0.5, 0.6) is 0 Å². The molecule has 1 amide bonds. The topological polar surface area (TPSA) is 93.5 Å². The number of ether oxygens (including phenoxy) is 1. The third-order valence-corrected chi connectivity index (χ3v) is 7.26. The van der Waals surface area contributed by atoms with Gasteiger partial charge in [0.2, 0.25) is 15.9 Å². The number of sulfonamides is 1. The summed E-state index contributed by atoms with van der Waals surface area (Å²) in [5, 5.41) is 7.32. The Morgan fingerprint density at radius 2 is 1.90 bits per heavy atom. The molecule has 1 fully saturated rings. The second-order valence-electron chi connectivity index (χ2n) is 7.05. The Bertz CT molecular complexity index is 978. The van der Waals surface area contributed by atoms with Crippen LogP contribution in [0.4, 0.5) is 5.69 Å². The Kier molecular flexibility index (Phi) is 6.71. The number of aryl methyl sites for hydroxylation is 3. The molecular weight excluding hydrogens is 392 g/mol. The highest BCUT2D eigenvalue weighted by molar-refractivity contribution is 7.89. The molecule has 0 aliphatic carbocycles. The average Bonchev–Trinajstić information content (AvgIpc) is 3.01. The number of rotatable bonds is 7. The zero-order valence-electron chi connectivity index (χ0n) is 17.1. The summed E-state index contributed by atoms with van der Waals surface area (Å²) in [5.41, 5.74) is 2.89. The van der Waals surface area contributed by atoms with E-state index in [-0.39, 0.29) is 17.2 Å². The second-order valence-corrected chi connectivity index (χ2v) is 8.92. The van der Waals surface area contributed by atoms with Crippen molar-refractivity contribution in [3.05, 3.63) is 41.2 Å². The maximum absolute atomic E-state index is 13.0. The van der Waals surface area contributed by atoms with E-state index < -0.39 is 10.0 Å². The monoisotopic (exact) mass is 420 g/mol. The molecule has 1 N–H and O–H groups in total. The van der Waals surface area contributed by atoms with Crippen LogP contribution in [0.1, 0.15) is 30.3 Å². The van der Waals surface area contributed by atoms with Crippen LogP contribution in [-0.2, 0) is 32.5 Å². The molecule has 0 radical (unpaired) electrons. The van der Waals surface area contributed by atoms with Crippen molar-refractivity contribution in [2.75, 3.05) is 31.6 Å². The average molecular weight is 421 g/mol. The normalized spacial score (nSPS) is 15.4. The Balaban J connectivity index is 1.71. The van der Waals surface area contributed by atoms with E-state index in [4.69, 9.17) is 4.74 Å². The molecule has 1 saturated heterocycles. The molecule has 0 saturated carbocycles. The second kappa shape index (κ2) is 9.06. The number of carbonyl (C=O) groups is 1. The minimum atomic E-state index is -3.63. The summed E-state index contributed by atoms with van der Waals surface area (Å²) >= 11 is 0. The SMILES string of the molecule is CCc1ccccc1NC(=O)CCn1nc(C)c(S(=O)(=O)N2CCOCC2)c1C. The lowest BCUT2D eigenvalue weighted by atomic mass is 10.1. The van der Waals surface area contributed by atoms with E-state index in [0.717, 1.165) is 17.7 Å². The zero-order valence-corrected chi connectivity index (χ0v) is 18.0. The van der Waals surface area contributed by atoms with Gasteiger partial charge in [-0.2, -0.15) is 9.40 Å². The van der Waals surface area contributed by atoms with E-state index in [9.17, 15) is 13.2 Å². The van der Waals surface area contributed by atoms with E-state index in [1.54, 1.807) is 18.5 Å².